The molecule has 0 saturated heterocycles. The number of para-hydroxylation sites is 1. The minimum atomic E-state index is 0. The van der Waals surface area contributed by atoms with Crippen LogP contribution in [0.4, 0.5) is 0 Å². The van der Waals surface area contributed by atoms with Gasteiger partial charge in [0.2, 0.25) is 0 Å². The highest BCUT2D eigenvalue weighted by Crippen LogP contribution is 2.34. The highest BCUT2D eigenvalue weighted by molar-refractivity contribution is 14.0. The first-order valence-electron chi connectivity index (χ1n) is 7.14. The number of benzene rings is 1. The quantitative estimate of drug-likeness (QED) is 0.466. The predicted octanol–water partition coefficient (Wildman–Crippen LogP) is 2.98. The number of halogens is 1. The van der Waals surface area contributed by atoms with Gasteiger partial charge in [-0.05, 0) is 18.9 Å². The van der Waals surface area contributed by atoms with E-state index in [1.165, 1.54) is 32.1 Å². The molecule has 2 aliphatic rings. The van der Waals surface area contributed by atoms with Gasteiger partial charge in [-0.1, -0.05) is 37.5 Å². The van der Waals surface area contributed by atoms with Crippen LogP contribution < -0.4 is 15.8 Å². The number of aliphatic imine (C=N–C) groups is 1. The third-order valence-corrected chi connectivity index (χ3v) is 3.93. The monoisotopic (exact) mass is 387 g/mol. The van der Waals surface area contributed by atoms with E-state index in [4.69, 9.17) is 10.5 Å². The van der Waals surface area contributed by atoms with Crippen LogP contribution in [0.5, 0.6) is 5.75 Å². The van der Waals surface area contributed by atoms with Gasteiger partial charge in [0, 0.05) is 11.6 Å². The van der Waals surface area contributed by atoms with Crippen molar-refractivity contribution in [3.8, 4) is 5.75 Å². The Morgan fingerprint density at radius 3 is 2.75 bits per heavy atom. The lowest BCUT2D eigenvalue weighted by atomic mass is 9.96. The second-order valence-electron chi connectivity index (χ2n) is 5.36. The van der Waals surface area contributed by atoms with Gasteiger partial charge in [0.05, 0.1) is 0 Å². The average molecular weight is 387 g/mol. The number of nitrogens with two attached hydrogens (primary N) is 1. The minimum absolute atomic E-state index is 0. The second kappa shape index (κ2) is 7.15. The second-order valence-corrected chi connectivity index (χ2v) is 5.36. The van der Waals surface area contributed by atoms with Gasteiger partial charge in [0.15, 0.2) is 5.96 Å². The van der Waals surface area contributed by atoms with Crippen LogP contribution in [0.15, 0.2) is 29.3 Å². The molecule has 1 aliphatic heterocycles. The lowest BCUT2D eigenvalue weighted by Crippen LogP contribution is -2.41. The summed E-state index contributed by atoms with van der Waals surface area (Å²) in [5, 5.41) is 3.35. The third-order valence-electron chi connectivity index (χ3n) is 3.93. The maximum Gasteiger partial charge on any atom is 0.189 e. The third kappa shape index (κ3) is 3.56. The average Bonchev–Trinajstić information content (AvgIpc) is 2.83. The van der Waals surface area contributed by atoms with Gasteiger partial charge in [-0.15, -0.1) is 24.0 Å². The molecule has 3 N–H and O–H groups in total. The molecule has 0 amide bonds. The molecule has 1 unspecified atom stereocenters. The number of hydrogen-bond donors (Lipinski definition) is 2. The van der Waals surface area contributed by atoms with Crippen LogP contribution in [0.2, 0.25) is 0 Å². The molecule has 0 spiro atoms. The molecule has 1 fully saturated rings. The van der Waals surface area contributed by atoms with Crippen molar-refractivity contribution < 1.29 is 4.74 Å². The van der Waals surface area contributed by atoms with E-state index in [1.54, 1.807) is 0 Å². The van der Waals surface area contributed by atoms with Crippen LogP contribution in [0.25, 0.3) is 0 Å². The Morgan fingerprint density at radius 2 is 1.95 bits per heavy atom. The molecule has 0 bridgehead atoms. The van der Waals surface area contributed by atoms with Crippen molar-refractivity contribution in [2.45, 2.75) is 44.2 Å². The predicted molar refractivity (Wildman–Crippen MR) is 91.7 cm³/mol. The molecule has 3 rings (SSSR count). The molecule has 110 valence electrons. The fourth-order valence-electron chi connectivity index (χ4n) is 2.91. The van der Waals surface area contributed by atoms with Gasteiger partial charge in [0.25, 0.3) is 0 Å². The summed E-state index contributed by atoms with van der Waals surface area (Å²) in [6.45, 7) is 0.590. The topological polar surface area (TPSA) is 59.6 Å². The molecule has 0 aromatic heterocycles. The SMILES string of the molecule is I.NC(=NC1COc2ccccc21)NC1CCCCC1. The minimum Gasteiger partial charge on any atom is -0.491 e. The summed E-state index contributed by atoms with van der Waals surface area (Å²) in [6.07, 6.45) is 6.33. The number of nitrogens with zero attached hydrogens (tertiary/aromatic N) is 1. The molecule has 1 atom stereocenters. The van der Waals surface area contributed by atoms with E-state index in [1.807, 2.05) is 18.2 Å². The number of ether oxygens (including phenoxy) is 1. The van der Waals surface area contributed by atoms with Crippen molar-refractivity contribution in [1.29, 1.82) is 0 Å². The lowest BCUT2D eigenvalue weighted by molar-refractivity contribution is 0.333. The summed E-state index contributed by atoms with van der Waals surface area (Å²) in [5.74, 6) is 1.49. The first-order valence-corrected chi connectivity index (χ1v) is 7.14. The number of hydrogen-bond acceptors (Lipinski definition) is 2. The number of fused-ring (bicyclic) bond motifs is 1. The van der Waals surface area contributed by atoms with Crippen molar-refractivity contribution in [3.05, 3.63) is 29.8 Å². The Bertz CT molecular complexity index is 472. The van der Waals surface area contributed by atoms with E-state index in [2.05, 4.69) is 16.4 Å². The van der Waals surface area contributed by atoms with Crippen LogP contribution in [-0.2, 0) is 0 Å². The Balaban J connectivity index is 0.00000147. The maximum atomic E-state index is 6.02. The maximum absolute atomic E-state index is 6.02. The molecular weight excluding hydrogens is 365 g/mol. The molecule has 1 aromatic carbocycles. The zero-order valence-corrected chi connectivity index (χ0v) is 13.9. The standard InChI is InChI=1S/C15H21N3O.HI/c16-15(17-11-6-2-1-3-7-11)18-13-10-19-14-9-5-4-8-12(13)14;/h4-5,8-9,11,13H,1-3,6-7,10H2,(H3,16,17,18);1H. The molecule has 1 aromatic rings. The first kappa shape index (κ1) is 15.4. The fraction of sp³-hybridized carbons (Fsp3) is 0.533. The van der Waals surface area contributed by atoms with Crippen LogP contribution in [-0.4, -0.2) is 18.6 Å². The summed E-state index contributed by atoms with van der Waals surface area (Å²) >= 11 is 0. The van der Waals surface area contributed by atoms with Gasteiger partial charge in [-0.2, -0.15) is 0 Å². The molecule has 0 radical (unpaired) electrons. The summed E-state index contributed by atoms with van der Waals surface area (Å²) in [5.41, 5.74) is 7.16. The van der Waals surface area contributed by atoms with Gasteiger partial charge in [-0.25, -0.2) is 4.99 Å². The van der Waals surface area contributed by atoms with Crippen molar-refractivity contribution in [1.82, 2.24) is 5.32 Å². The number of rotatable bonds is 2. The Labute approximate surface area is 137 Å². The van der Waals surface area contributed by atoms with Crippen LogP contribution in [0.1, 0.15) is 43.7 Å². The Morgan fingerprint density at radius 1 is 1.20 bits per heavy atom. The van der Waals surface area contributed by atoms with E-state index in [0.717, 1.165) is 11.3 Å². The number of nitrogens with one attached hydrogen (secondary N) is 1. The largest absolute Gasteiger partial charge is 0.491 e. The lowest BCUT2D eigenvalue weighted by Gasteiger charge is -2.23. The van der Waals surface area contributed by atoms with E-state index in [-0.39, 0.29) is 30.0 Å². The normalized spacial score (nSPS) is 22.6. The van der Waals surface area contributed by atoms with Gasteiger partial charge < -0.3 is 15.8 Å². The molecule has 1 heterocycles. The van der Waals surface area contributed by atoms with Gasteiger partial charge >= 0.3 is 0 Å². The first-order chi connectivity index (χ1) is 9.33. The van der Waals surface area contributed by atoms with Crippen LogP contribution >= 0.6 is 24.0 Å². The van der Waals surface area contributed by atoms with E-state index in [9.17, 15) is 0 Å². The highest BCUT2D eigenvalue weighted by Gasteiger charge is 2.23. The van der Waals surface area contributed by atoms with Gasteiger partial charge in [-0.3, -0.25) is 0 Å². The van der Waals surface area contributed by atoms with E-state index >= 15 is 0 Å². The van der Waals surface area contributed by atoms with Crippen molar-refractivity contribution in [3.63, 3.8) is 0 Å². The summed E-state index contributed by atoms with van der Waals surface area (Å²) in [7, 11) is 0. The molecule has 1 aliphatic carbocycles. The van der Waals surface area contributed by atoms with Crippen LogP contribution in [0.3, 0.4) is 0 Å². The Kier molecular flexibility index (Phi) is 5.51. The summed E-state index contributed by atoms with van der Waals surface area (Å²) < 4.78 is 5.61. The Hall–Kier alpha value is -0.980. The van der Waals surface area contributed by atoms with Crippen molar-refractivity contribution in [2.24, 2.45) is 10.7 Å². The molecule has 5 heteroatoms. The number of guanidine groups is 1. The molecule has 4 nitrogen and oxygen atoms in total. The highest BCUT2D eigenvalue weighted by atomic mass is 127. The van der Waals surface area contributed by atoms with Crippen LogP contribution in [0, 0.1) is 0 Å². The van der Waals surface area contributed by atoms with Crippen molar-refractivity contribution in [2.75, 3.05) is 6.61 Å². The van der Waals surface area contributed by atoms with Gasteiger partial charge in [0.1, 0.15) is 18.4 Å². The fourth-order valence-corrected chi connectivity index (χ4v) is 2.91. The zero-order valence-electron chi connectivity index (χ0n) is 11.5. The zero-order chi connectivity index (χ0) is 13.1. The summed E-state index contributed by atoms with van der Waals surface area (Å²) in [6, 6.07) is 8.57. The molecular formula is C15H22IN3O. The molecule has 1 saturated carbocycles. The van der Waals surface area contributed by atoms with E-state index < -0.39 is 0 Å². The summed E-state index contributed by atoms with van der Waals surface area (Å²) in [4.78, 5) is 4.57. The van der Waals surface area contributed by atoms with Crippen molar-refractivity contribution >= 4 is 29.9 Å². The van der Waals surface area contributed by atoms with E-state index in [0.29, 0.717) is 18.6 Å². The smallest absolute Gasteiger partial charge is 0.189 e. The molecule has 20 heavy (non-hydrogen) atoms.